The van der Waals surface area contributed by atoms with Crippen molar-refractivity contribution in [1.82, 2.24) is 10.2 Å². The lowest BCUT2D eigenvalue weighted by Gasteiger charge is -2.29. The molecule has 0 saturated carbocycles. The number of nitrogens with zero attached hydrogens (tertiary/aromatic N) is 1. The lowest BCUT2D eigenvalue weighted by atomic mass is 9.76. The fraction of sp³-hybridized carbons (Fsp3) is 0.550. The van der Waals surface area contributed by atoms with E-state index in [0.717, 1.165) is 36.3 Å². The van der Waals surface area contributed by atoms with Crippen LogP contribution in [0.3, 0.4) is 0 Å². The molecule has 2 fully saturated rings. The van der Waals surface area contributed by atoms with Gasteiger partial charge in [-0.2, -0.15) is 11.8 Å². The second kappa shape index (κ2) is 6.95. The van der Waals surface area contributed by atoms with Crippen LogP contribution in [-0.4, -0.2) is 47.2 Å². The third-order valence-electron chi connectivity index (χ3n) is 6.08. The molecule has 0 unspecified atom stereocenters. The minimum atomic E-state index is -1.14. The first-order chi connectivity index (χ1) is 13.1. The molecule has 3 aliphatic rings. The Kier molecular flexibility index (Phi) is 4.76. The first-order valence-electron chi connectivity index (χ1n) is 9.59. The molecule has 4 rings (SSSR count). The molecule has 3 aliphatic heterocycles. The van der Waals surface area contributed by atoms with E-state index < -0.39 is 17.4 Å². The third kappa shape index (κ3) is 2.55. The van der Waals surface area contributed by atoms with Crippen LogP contribution in [-0.2, 0) is 19.9 Å². The van der Waals surface area contributed by atoms with Crippen molar-refractivity contribution in [3.05, 3.63) is 29.8 Å². The number of hydrogen-bond donors (Lipinski definition) is 2. The molecule has 3 amide bonds. The third-order valence-corrected chi connectivity index (χ3v) is 6.73. The van der Waals surface area contributed by atoms with Gasteiger partial charge in [-0.25, -0.2) is 0 Å². The summed E-state index contributed by atoms with van der Waals surface area (Å²) in [6, 6.07) is 7.31. The molecule has 144 valence electrons. The normalized spacial score (nSPS) is 31.6. The van der Waals surface area contributed by atoms with Crippen LogP contribution in [0, 0.1) is 11.8 Å². The maximum absolute atomic E-state index is 13.3. The molecule has 0 radical (unpaired) electrons. The molecule has 7 heteroatoms. The Hall–Kier alpha value is -1.86. The smallest absolute Gasteiger partial charge is 0.250 e. The van der Waals surface area contributed by atoms with Gasteiger partial charge in [-0.3, -0.25) is 24.6 Å². The minimum absolute atomic E-state index is 0.119. The Morgan fingerprint density at radius 2 is 1.96 bits per heavy atom. The molecule has 6 nitrogen and oxygen atoms in total. The predicted molar refractivity (Wildman–Crippen MR) is 105 cm³/mol. The molecule has 0 aromatic heterocycles. The average molecular weight is 388 g/mol. The summed E-state index contributed by atoms with van der Waals surface area (Å²) in [7, 11) is 0. The Morgan fingerprint density at radius 1 is 1.19 bits per heavy atom. The Morgan fingerprint density at radius 3 is 2.70 bits per heavy atom. The van der Waals surface area contributed by atoms with Crippen LogP contribution in [0.15, 0.2) is 24.3 Å². The second-order valence-electron chi connectivity index (χ2n) is 7.53. The number of anilines is 1. The second-order valence-corrected chi connectivity index (χ2v) is 8.51. The van der Waals surface area contributed by atoms with Gasteiger partial charge in [-0.1, -0.05) is 31.5 Å². The van der Waals surface area contributed by atoms with E-state index in [1.165, 1.54) is 4.90 Å². The maximum Gasteiger partial charge on any atom is 0.250 e. The number of unbranched alkanes of at least 4 members (excludes halogenated alkanes) is 1. The molecule has 1 aromatic rings. The van der Waals surface area contributed by atoms with E-state index in [4.69, 9.17) is 0 Å². The van der Waals surface area contributed by atoms with E-state index in [2.05, 4.69) is 10.6 Å². The highest BCUT2D eigenvalue weighted by molar-refractivity contribution is 7.98. The number of carbonyl (C=O) groups excluding carboxylic acids is 3. The number of likely N-dealkylation sites (tertiary alicyclic amines) is 1. The summed E-state index contributed by atoms with van der Waals surface area (Å²) in [5.74, 6) is -0.813. The predicted octanol–water partition coefficient (Wildman–Crippen LogP) is 1.96. The number of nitrogens with one attached hydrogen (secondary N) is 2. The molecule has 1 spiro atoms. The van der Waals surface area contributed by atoms with Crippen LogP contribution in [0.25, 0.3) is 0 Å². The lowest BCUT2D eigenvalue weighted by molar-refractivity contribution is -0.142. The van der Waals surface area contributed by atoms with Gasteiger partial charge in [-0.05, 0) is 30.9 Å². The number of amides is 3. The first kappa shape index (κ1) is 18.5. The number of para-hydroxylation sites is 1. The summed E-state index contributed by atoms with van der Waals surface area (Å²) in [6.07, 6.45) is 4.47. The van der Waals surface area contributed by atoms with Gasteiger partial charge in [0.25, 0.3) is 0 Å². The van der Waals surface area contributed by atoms with Crippen molar-refractivity contribution in [2.75, 3.05) is 23.9 Å². The number of thioether (sulfide) groups is 1. The summed E-state index contributed by atoms with van der Waals surface area (Å²) in [6.45, 7) is 2.48. The fourth-order valence-electron chi connectivity index (χ4n) is 4.85. The molecule has 0 aliphatic carbocycles. The molecule has 3 heterocycles. The molecule has 1 aromatic carbocycles. The van der Waals surface area contributed by atoms with Crippen molar-refractivity contribution >= 4 is 35.2 Å². The van der Waals surface area contributed by atoms with Gasteiger partial charge in [0, 0.05) is 23.8 Å². The van der Waals surface area contributed by atoms with Gasteiger partial charge in [0.05, 0.1) is 11.8 Å². The average Bonchev–Trinajstić information content (AvgIpc) is 3.24. The number of imide groups is 1. The van der Waals surface area contributed by atoms with E-state index in [1.807, 2.05) is 37.4 Å². The summed E-state index contributed by atoms with van der Waals surface area (Å²) in [4.78, 5) is 41.0. The van der Waals surface area contributed by atoms with Gasteiger partial charge < -0.3 is 5.32 Å². The molecular weight excluding hydrogens is 362 g/mol. The fourth-order valence-corrected chi connectivity index (χ4v) is 5.34. The van der Waals surface area contributed by atoms with E-state index in [-0.39, 0.29) is 23.8 Å². The van der Waals surface area contributed by atoms with Gasteiger partial charge in [0.15, 0.2) is 0 Å². The van der Waals surface area contributed by atoms with Crippen LogP contribution < -0.4 is 10.6 Å². The maximum atomic E-state index is 13.3. The molecule has 2 N–H and O–H groups in total. The van der Waals surface area contributed by atoms with Gasteiger partial charge >= 0.3 is 0 Å². The number of hydrogen-bond acceptors (Lipinski definition) is 5. The monoisotopic (exact) mass is 387 g/mol. The van der Waals surface area contributed by atoms with Crippen LogP contribution in [0.5, 0.6) is 0 Å². The largest absolute Gasteiger partial charge is 0.324 e. The number of carbonyl (C=O) groups is 3. The highest BCUT2D eigenvalue weighted by Gasteiger charge is 2.70. The first-order valence-corrected chi connectivity index (χ1v) is 11.0. The summed E-state index contributed by atoms with van der Waals surface area (Å²) >= 11 is 1.71. The van der Waals surface area contributed by atoms with Crippen LogP contribution >= 0.6 is 11.8 Å². The van der Waals surface area contributed by atoms with E-state index in [1.54, 1.807) is 11.8 Å². The van der Waals surface area contributed by atoms with Gasteiger partial charge in [-0.15, -0.1) is 0 Å². The van der Waals surface area contributed by atoms with Crippen molar-refractivity contribution in [1.29, 1.82) is 0 Å². The molecule has 0 bridgehead atoms. The molecule has 27 heavy (non-hydrogen) atoms. The standard InChI is InChI=1S/C20H25N3O3S/c1-3-4-10-23-17(24)15-14(9-11-27-2)22-20(16(15)18(23)25)12-7-5-6-8-13(12)21-19(20)26/h5-8,14-16,22H,3-4,9-11H2,1-2H3,(H,21,26)/t14-,15-,16+,20+/m1/s1. The van der Waals surface area contributed by atoms with E-state index in [0.29, 0.717) is 6.54 Å². The number of fused-ring (bicyclic) bond motifs is 4. The van der Waals surface area contributed by atoms with E-state index in [9.17, 15) is 14.4 Å². The zero-order chi connectivity index (χ0) is 19.2. The summed E-state index contributed by atoms with van der Waals surface area (Å²) in [5.41, 5.74) is 0.375. The molecule has 4 atom stereocenters. The van der Waals surface area contributed by atoms with Gasteiger partial charge in [0.2, 0.25) is 17.7 Å². The summed E-state index contributed by atoms with van der Waals surface area (Å²) in [5, 5.41) is 6.38. The lowest BCUT2D eigenvalue weighted by Crippen LogP contribution is -2.53. The Bertz CT molecular complexity index is 798. The minimum Gasteiger partial charge on any atom is -0.324 e. The van der Waals surface area contributed by atoms with Gasteiger partial charge in [0.1, 0.15) is 5.54 Å². The van der Waals surface area contributed by atoms with Crippen LogP contribution in [0.4, 0.5) is 5.69 Å². The van der Waals surface area contributed by atoms with Crippen LogP contribution in [0.2, 0.25) is 0 Å². The van der Waals surface area contributed by atoms with Crippen molar-refractivity contribution in [3.63, 3.8) is 0 Å². The van der Waals surface area contributed by atoms with Crippen molar-refractivity contribution in [3.8, 4) is 0 Å². The number of benzene rings is 1. The quantitative estimate of drug-likeness (QED) is 0.730. The Balaban J connectivity index is 1.79. The van der Waals surface area contributed by atoms with Crippen molar-refractivity contribution < 1.29 is 14.4 Å². The SMILES string of the molecule is CCCCN1C(=O)[C@H]2[C@@H](C1=O)[C@]1(N[C@@H]2CCSC)C(=O)Nc2ccccc21. The zero-order valence-electron chi connectivity index (χ0n) is 15.7. The zero-order valence-corrected chi connectivity index (χ0v) is 16.5. The van der Waals surface area contributed by atoms with Crippen molar-refractivity contribution in [2.24, 2.45) is 11.8 Å². The van der Waals surface area contributed by atoms with Crippen molar-refractivity contribution in [2.45, 2.75) is 37.8 Å². The van der Waals surface area contributed by atoms with Crippen LogP contribution in [0.1, 0.15) is 31.7 Å². The summed E-state index contributed by atoms with van der Waals surface area (Å²) < 4.78 is 0. The molecular formula is C20H25N3O3S. The Labute approximate surface area is 163 Å². The molecule has 2 saturated heterocycles. The van der Waals surface area contributed by atoms with E-state index >= 15 is 0 Å². The topological polar surface area (TPSA) is 78.5 Å². The highest BCUT2D eigenvalue weighted by Crippen LogP contribution is 2.53. The highest BCUT2D eigenvalue weighted by atomic mass is 32.2. The number of rotatable bonds is 6.